The zero-order valence-corrected chi connectivity index (χ0v) is 7.53. The number of hydrogen-bond donors (Lipinski definition) is 1. The molecule has 0 spiro atoms. The lowest BCUT2D eigenvalue weighted by Crippen LogP contribution is -2.39. The quantitative estimate of drug-likeness (QED) is 0.567. The van der Waals surface area contributed by atoms with Gasteiger partial charge in [0, 0.05) is 4.75 Å². The first-order valence-electron chi connectivity index (χ1n) is 3.88. The van der Waals surface area contributed by atoms with Crippen LogP contribution in [0.5, 0.6) is 0 Å². The van der Waals surface area contributed by atoms with E-state index in [9.17, 15) is 0 Å². The predicted octanol–water partition coefficient (Wildman–Crippen LogP) is 1.60. The largest absolute Gasteiger partial charge is 0.303 e. The summed E-state index contributed by atoms with van der Waals surface area (Å²) in [6, 6.07) is 0. The lowest BCUT2D eigenvalue weighted by atomic mass is 9.98. The van der Waals surface area contributed by atoms with Crippen molar-refractivity contribution in [3.05, 3.63) is 6.92 Å². The van der Waals surface area contributed by atoms with Gasteiger partial charge in [-0.25, -0.2) is 0 Å². The molecule has 2 heteroatoms. The van der Waals surface area contributed by atoms with Crippen LogP contribution in [-0.2, 0) is 0 Å². The molecule has 1 fully saturated rings. The standard InChI is InChI=1S/C8H16NS/c1-3-9-6-4-8(2,10)5-7-9/h10H,1,3-7H2,2H3. The summed E-state index contributed by atoms with van der Waals surface area (Å²) in [6.07, 6.45) is 2.40. The first kappa shape index (κ1) is 8.41. The molecule has 0 bridgehead atoms. The van der Waals surface area contributed by atoms with Gasteiger partial charge in [-0.05, 0) is 39.4 Å². The Kier molecular flexibility index (Phi) is 2.64. The molecule has 1 radical (unpaired) electrons. The molecule has 1 aliphatic heterocycles. The minimum atomic E-state index is 0.283. The van der Waals surface area contributed by atoms with Crippen molar-refractivity contribution in [2.75, 3.05) is 19.6 Å². The third-order valence-corrected chi connectivity index (χ3v) is 2.70. The van der Waals surface area contributed by atoms with E-state index in [4.69, 9.17) is 0 Å². The van der Waals surface area contributed by atoms with Gasteiger partial charge < -0.3 is 4.90 Å². The number of piperidine rings is 1. The van der Waals surface area contributed by atoms with Crippen LogP contribution >= 0.6 is 12.6 Å². The highest BCUT2D eigenvalue weighted by Gasteiger charge is 2.24. The van der Waals surface area contributed by atoms with E-state index in [1.165, 1.54) is 25.9 Å². The van der Waals surface area contributed by atoms with Gasteiger partial charge in [0.25, 0.3) is 0 Å². The summed E-state index contributed by atoms with van der Waals surface area (Å²) in [5, 5.41) is 0. The monoisotopic (exact) mass is 158 g/mol. The van der Waals surface area contributed by atoms with E-state index in [2.05, 4.69) is 31.4 Å². The van der Waals surface area contributed by atoms with Crippen LogP contribution in [0, 0.1) is 6.92 Å². The summed E-state index contributed by atoms with van der Waals surface area (Å²) < 4.78 is 0.283. The summed E-state index contributed by atoms with van der Waals surface area (Å²) in [4.78, 5) is 2.37. The second kappa shape index (κ2) is 3.14. The molecule has 0 N–H and O–H groups in total. The molecule has 0 aromatic rings. The Balaban J connectivity index is 2.31. The fourth-order valence-electron chi connectivity index (χ4n) is 1.26. The molecule has 0 amide bonds. The smallest absolute Gasteiger partial charge is 0.0126 e. The van der Waals surface area contributed by atoms with E-state index in [0.717, 1.165) is 6.54 Å². The van der Waals surface area contributed by atoms with Crippen LogP contribution < -0.4 is 0 Å². The number of rotatable bonds is 1. The summed E-state index contributed by atoms with van der Waals surface area (Å²) in [7, 11) is 0. The fraction of sp³-hybridized carbons (Fsp3) is 0.875. The summed E-state index contributed by atoms with van der Waals surface area (Å²) in [5.74, 6) is 0. The van der Waals surface area contributed by atoms with Crippen LogP contribution in [0.2, 0.25) is 0 Å². The van der Waals surface area contributed by atoms with Crippen molar-refractivity contribution < 1.29 is 0 Å². The second-order valence-corrected chi connectivity index (χ2v) is 4.42. The molecule has 1 heterocycles. The first-order valence-corrected chi connectivity index (χ1v) is 4.33. The van der Waals surface area contributed by atoms with Crippen LogP contribution in [0.15, 0.2) is 0 Å². The Morgan fingerprint density at radius 2 is 2.00 bits per heavy atom. The van der Waals surface area contributed by atoms with Crippen molar-refractivity contribution in [3.8, 4) is 0 Å². The molecule has 1 saturated heterocycles. The van der Waals surface area contributed by atoms with E-state index < -0.39 is 0 Å². The number of thiol groups is 1. The van der Waals surface area contributed by atoms with E-state index >= 15 is 0 Å². The molecule has 1 nitrogen and oxygen atoms in total. The highest BCUT2D eigenvalue weighted by atomic mass is 32.1. The van der Waals surface area contributed by atoms with Gasteiger partial charge in [-0.2, -0.15) is 12.6 Å². The average molecular weight is 158 g/mol. The SMILES string of the molecule is [CH2]CN1CCC(C)(S)CC1. The Labute approximate surface area is 69.2 Å². The molecular formula is C8H16NS. The summed E-state index contributed by atoms with van der Waals surface area (Å²) >= 11 is 4.55. The van der Waals surface area contributed by atoms with Crippen molar-refractivity contribution in [1.82, 2.24) is 4.90 Å². The molecule has 1 aliphatic rings. The van der Waals surface area contributed by atoms with Gasteiger partial charge in [-0.1, -0.05) is 6.92 Å². The van der Waals surface area contributed by atoms with Crippen LogP contribution in [0.1, 0.15) is 19.8 Å². The highest BCUT2D eigenvalue weighted by molar-refractivity contribution is 7.81. The minimum Gasteiger partial charge on any atom is -0.303 e. The third kappa shape index (κ3) is 2.17. The molecule has 10 heavy (non-hydrogen) atoms. The van der Waals surface area contributed by atoms with Gasteiger partial charge in [0.05, 0.1) is 0 Å². The zero-order chi connectivity index (χ0) is 7.61. The van der Waals surface area contributed by atoms with Crippen LogP contribution in [0.25, 0.3) is 0 Å². The molecule has 0 aromatic heterocycles. The Bertz CT molecular complexity index is 102. The molecule has 0 aromatic carbocycles. The molecular weight excluding hydrogens is 142 g/mol. The second-order valence-electron chi connectivity index (χ2n) is 3.34. The molecule has 0 unspecified atom stereocenters. The minimum absolute atomic E-state index is 0.283. The maximum Gasteiger partial charge on any atom is 0.0126 e. The van der Waals surface area contributed by atoms with E-state index in [1.54, 1.807) is 0 Å². The van der Waals surface area contributed by atoms with E-state index in [1.807, 2.05) is 0 Å². The van der Waals surface area contributed by atoms with E-state index in [-0.39, 0.29) is 4.75 Å². The molecule has 0 atom stereocenters. The molecule has 59 valence electrons. The van der Waals surface area contributed by atoms with Gasteiger partial charge in [0.15, 0.2) is 0 Å². The van der Waals surface area contributed by atoms with Crippen molar-refractivity contribution in [3.63, 3.8) is 0 Å². The maximum atomic E-state index is 4.55. The highest BCUT2D eigenvalue weighted by Crippen LogP contribution is 2.27. The first-order chi connectivity index (χ1) is 4.64. The van der Waals surface area contributed by atoms with Gasteiger partial charge in [-0.15, -0.1) is 0 Å². The summed E-state index contributed by atoms with van der Waals surface area (Å²) in [5.41, 5.74) is 0. The van der Waals surface area contributed by atoms with Gasteiger partial charge in [-0.3, -0.25) is 0 Å². The van der Waals surface area contributed by atoms with Crippen LogP contribution in [0.4, 0.5) is 0 Å². The molecule has 0 saturated carbocycles. The molecule has 1 rings (SSSR count). The molecule has 0 aliphatic carbocycles. The fourth-order valence-corrected chi connectivity index (χ4v) is 1.46. The van der Waals surface area contributed by atoms with Gasteiger partial charge >= 0.3 is 0 Å². The normalized spacial score (nSPS) is 26.7. The van der Waals surface area contributed by atoms with Crippen molar-refractivity contribution in [2.45, 2.75) is 24.5 Å². The third-order valence-electron chi connectivity index (χ3n) is 2.25. The lowest BCUT2D eigenvalue weighted by molar-refractivity contribution is 0.225. The van der Waals surface area contributed by atoms with Gasteiger partial charge in [0.2, 0.25) is 0 Å². The zero-order valence-electron chi connectivity index (χ0n) is 6.64. The van der Waals surface area contributed by atoms with Crippen LogP contribution in [-0.4, -0.2) is 29.3 Å². The number of nitrogens with zero attached hydrogens (tertiary/aromatic N) is 1. The number of likely N-dealkylation sites (tertiary alicyclic amines) is 1. The van der Waals surface area contributed by atoms with Crippen molar-refractivity contribution in [1.29, 1.82) is 0 Å². The Morgan fingerprint density at radius 3 is 2.40 bits per heavy atom. The van der Waals surface area contributed by atoms with Crippen LogP contribution in [0.3, 0.4) is 0 Å². The van der Waals surface area contributed by atoms with Gasteiger partial charge in [0.1, 0.15) is 0 Å². The summed E-state index contributed by atoms with van der Waals surface area (Å²) in [6.45, 7) is 9.37. The predicted molar refractivity (Wildman–Crippen MR) is 48.4 cm³/mol. The topological polar surface area (TPSA) is 3.24 Å². The van der Waals surface area contributed by atoms with Crippen molar-refractivity contribution in [2.24, 2.45) is 0 Å². The average Bonchev–Trinajstić information content (AvgIpc) is 1.88. The number of hydrogen-bond acceptors (Lipinski definition) is 2. The Morgan fingerprint density at radius 1 is 1.50 bits per heavy atom. The van der Waals surface area contributed by atoms with Crippen molar-refractivity contribution >= 4 is 12.6 Å². The van der Waals surface area contributed by atoms with E-state index in [0.29, 0.717) is 0 Å². The Hall–Kier alpha value is 0.310. The maximum absolute atomic E-state index is 4.55. The lowest BCUT2D eigenvalue weighted by Gasteiger charge is -2.35.